The molecule has 0 saturated heterocycles. The van der Waals surface area contributed by atoms with Crippen LogP contribution in [0.1, 0.15) is 12.5 Å². The van der Waals surface area contributed by atoms with Crippen LogP contribution in [0.2, 0.25) is 5.02 Å². The van der Waals surface area contributed by atoms with E-state index >= 15 is 0 Å². The lowest BCUT2D eigenvalue weighted by atomic mass is 10.2. The lowest BCUT2D eigenvalue weighted by Crippen LogP contribution is -2.30. The smallest absolute Gasteiger partial charge is 0.222 e. The maximum Gasteiger partial charge on any atom is 0.222 e. The maximum atomic E-state index is 10.3. The van der Waals surface area contributed by atoms with Crippen LogP contribution in [0, 0.1) is 10.1 Å². The van der Waals surface area contributed by atoms with Crippen molar-refractivity contribution in [2.24, 2.45) is 0 Å². The third-order valence-corrected chi connectivity index (χ3v) is 2.29. The van der Waals surface area contributed by atoms with E-state index in [4.69, 9.17) is 11.6 Å². The predicted octanol–water partition coefficient (Wildman–Crippen LogP) is 2.09. The number of hydrogen-bond acceptors (Lipinski definition) is 3. The van der Waals surface area contributed by atoms with Gasteiger partial charge in [-0.15, -0.1) is 0 Å². The third-order valence-electron chi connectivity index (χ3n) is 2.04. The zero-order valence-corrected chi connectivity index (χ0v) is 9.20. The monoisotopic (exact) mass is 228 g/mol. The average Bonchev–Trinajstić information content (AvgIpc) is 2.20. The van der Waals surface area contributed by atoms with Gasteiger partial charge in [-0.1, -0.05) is 23.7 Å². The summed E-state index contributed by atoms with van der Waals surface area (Å²) in [7, 11) is 0. The summed E-state index contributed by atoms with van der Waals surface area (Å²) >= 11 is 5.73. The van der Waals surface area contributed by atoms with Gasteiger partial charge in [-0.25, -0.2) is 0 Å². The summed E-state index contributed by atoms with van der Waals surface area (Å²) in [5.74, 6) is 0. The van der Waals surface area contributed by atoms with Crippen molar-refractivity contribution in [3.63, 3.8) is 0 Å². The molecule has 0 amide bonds. The van der Waals surface area contributed by atoms with Gasteiger partial charge in [0.2, 0.25) is 6.04 Å². The highest BCUT2D eigenvalue weighted by atomic mass is 35.5. The normalized spacial score (nSPS) is 12.4. The van der Waals surface area contributed by atoms with Crippen molar-refractivity contribution >= 4 is 11.6 Å². The first-order chi connectivity index (χ1) is 7.09. The number of benzene rings is 1. The molecule has 0 bridgehead atoms. The first-order valence-corrected chi connectivity index (χ1v) is 5.06. The van der Waals surface area contributed by atoms with Crippen LogP contribution in [0.5, 0.6) is 0 Å². The molecule has 1 N–H and O–H groups in total. The second-order valence-corrected chi connectivity index (χ2v) is 3.83. The minimum Gasteiger partial charge on any atom is -0.306 e. The minimum atomic E-state index is -0.558. The number of halogens is 1. The van der Waals surface area contributed by atoms with Crippen molar-refractivity contribution in [2.45, 2.75) is 19.5 Å². The fourth-order valence-electron chi connectivity index (χ4n) is 1.10. The summed E-state index contributed by atoms with van der Waals surface area (Å²) < 4.78 is 0. The van der Waals surface area contributed by atoms with E-state index in [9.17, 15) is 10.1 Å². The molecule has 1 atom stereocenters. The largest absolute Gasteiger partial charge is 0.306 e. The fraction of sp³-hybridized carbons (Fsp3) is 0.400. The van der Waals surface area contributed by atoms with Crippen LogP contribution < -0.4 is 5.32 Å². The molecule has 0 spiro atoms. The Labute approximate surface area is 93.4 Å². The Morgan fingerprint density at radius 3 is 2.60 bits per heavy atom. The van der Waals surface area contributed by atoms with Crippen molar-refractivity contribution in [1.82, 2.24) is 5.32 Å². The first kappa shape index (κ1) is 11.9. The Bertz CT molecular complexity index is 327. The molecule has 1 unspecified atom stereocenters. The van der Waals surface area contributed by atoms with Crippen LogP contribution in [0.4, 0.5) is 0 Å². The van der Waals surface area contributed by atoms with Crippen molar-refractivity contribution in [1.29, 1.82) is 0 Å². The van der Waals surface area contributed by atoms with Crippen LogP contribution in [0.3, 0.4) is 0 Å². The molecule has 0 heterocycles. The summed E-state index contributed by atoms with van der Waals surface area (Å²) in [5, 5.41) is 14.0. The standard InChI is InChI=1S/C10H13ClN2O2/c1-8(13(14)15)6-12-7-9-2-4-10(11)5-3-9/h2-5,8,12H,6-7H2,1H3. The molecule has 0 aliphatic heterocycles. The average molecular weight is 229 g/mol. The Balaban J connectivity index is 2.32. The van der Waals surface area contributed by atoms with Gasteiger partial charge >= 0.3 is 0 Å². The van der Waals surface area contributed by atoms with Gasteiger partial charge in [0.25, 0.3) is 0 Å². The van der Waals surface area contributed by atoms with Gasteiger partial charge in [-0.3, -0.25) is 10.1 Å². The van der Waals surface area contributed by atoms with Gasteiger partial charge < -0.3 is 5.32 Å². The van der Waals surface area contributed by atoms with Gasteiger partial charge in [0, 0.05) is 23.4 Å². The summed E-state index contributed by atoms with van der Waals surface area (Å²) in [5.41, 5.74) is 1.06. The molecular formula is C10H13ClN2O2. The summed E-state index contributed by atoms with van der Waals surface area (Å²) in [6.07, 6.45) is 0. The number of hydrogen-bond donors (Lipinski definition) is 1. The molecule has 0 aliphatic carbocycles. The van der Waals surface area contributed by atoms with E-state index in [1.54, 1.807) is 19.1 Å². The van der Waals surface area contributed by atoms with Gasteiger partial charge in [0.05, 0.1) is 6.54 Å². The Morgan fingerprint density at radius 1 is 1.47 bits per heavy atom. The van der Waals surface area contributed by atoms with Crippen LogP contribution in [-0.4, -0.2) is 17.5 Å². The Morgan fingerprint density at radius 2 is 2.07 bits per heavy atom. The number of nitrogens with zero attached hydrogens (tertiary/aromatic N) is 1. The highest BCUT2D eigenvalue weighted by molar-refractivity contribution is 6.30. The first-order valence-electron chi connectivity index (χ1n) is 4.68. The van der Waals surface area contributed by atoms with Gasteiger partial charge in [0.1, 0.15) is 0 Å². The van der Waals surface area contributed by atoms with Crippen molar-refractivity contribution < 1.29 is 4.92 Å². The summed E-state index contributed by atoms with van der Waals surface area (Å²) in [4.78, 5) is 10.0. The molecule has 82 valence electrons. The molecule has 1 aromatic rings. The van der Waals surface area contributed by atoms with E-state index < -0.39 is 6.04 Å². The molecule has 0 aromatic heterocycles. The van der Waals surface area contributed by atoms with Gasteiger partial charge in [-0.2, -0.15) is 0 Å². The third kappa shape index (κ3) is 4.27. The number of nitro groups is 1. The molecule has 4 nitrogen and oxygen atoms in total. The molecule has 15 heavy (non-hydrogen) atoms. The van der Waals surface area contributed by atoms with Crippen molar-refractivity contribution in [3.8, 4) is 0 Å². The van der Waals surface area contributed by atoms with Gasteiger partial charge in [-0.05, 0) is 17.7 Å². The molecule has 0 radical (unpaired) electrons. The molecule has 1 rings (SSSR count). The fourth-order valence-corrected chi connectivity index (χ4v) is 1.23. The molecule has 0 aliphatic rings. The van der Waals surface area contributed by atoms with Crippen LogP contribution in [0.25, 0.3) is 0 Å². The van der Waals surface area contributed by atoms with Gasteiger partial charge in [0.15, 0.2) is 0 Å². The predicted molar refractivity (Wildman–Crippen MR) is 59.6 cm³/mol. The summed E-state index contributed by atoms with van der Waals surface area (Å²) in [6, 6.07) is 6.83. The zero-order valence-electron chi connectivity index (χ0n) is 8.44. The van der Waals surface area contributed by atoms with E-state index in [0.29, 0.717) is 18.1 Å². The summed E-state index contributed by atoms with van der Waals surface area (Å²) in [6.45, 7) is 2.57. The second-order valence-electron chi connectivity index (χ2n) is 3.39. The molecule has 1 aromatic carbocycles. The zero-order chi connectivity index (χ0) is 11.3. The molecular weight excluding hydrogens is 216 g/mol. The van der Waals surface area contributed by atoms with E-state index in [-0.39, 0.29) is 4.92 Å². The topological polar surface area (TPSA) is 55.2 Å². The number of rotatable bonds is 5. The van der Waals surface area contributed by atoms with Crippen molar-refractivity contribution in [2.75, 3.05) is 6.54 Å². The SMILES string of the molecule is CC(CNCc1ccc(Cl)cc1)[N+](=O)[O-]. The van der Waals surface area contributed by atoms with Crippen LogP contribution in [-0.2, 0) is 6.54 Å². The molecule has 5 heteroatoms. The molecule has 0 fully saturated rings. The lowest BCUT2D eigenvalue weighted by Gasteiger charge is -2.06. The second kappa shape index (κ2) is 5.68. The quantitative estimate of drug-likeness (QED) is 0.620. The van der Waals surface area contributed by atoms with Crippen molar-refractivity contribution in [3.05, 3.63) is 45.0 Å². The Kier molecular flexibility index (Phi) is 4.52. The lowest BCUT2D eigenvalue weighted by molar-refractivity contribution is -0.515. The highest BCUT2D eigenvalue weighted by Crippen LogP contribution is 2.08. The minimum absolute atomic E-state index is 0.297. The molecule has 0 saturated carbocycles. The van der Waals surface area contributed by atoms with Crippen LogP contribution >= 0.6 is 11.6 Å². The van der Waals surface area contributed by atoms with Crippen LogP contribution in [0.15, 0.2) is 24.3 Å². The van der Waals surface area contributed by atoms with E-state index in [1.165, 1.54) is 0 Å². The maximum absolute atomic E-state index is 10.3. The highest BCUT2D eigenvalue weighted by Gasteiger charge is 2.10. The number of nitrogens with one attached hydrogen (secondary N) is 1. The van der Waals surface area contributed by atoms with E-state index in [1.807, 2.05) is 12.1 Å². The van der Waals surface area contributed by atoms with E-state index in [0.717, 1.165) is 5.56 Å². The Hall–Kier alpha value is -1.13. The van der Waals surface area contributed by atoms with E-state index in [2.05, 4.69) is 5.32 Å².